The van der Waals surface area contributed by atoms with Gasteiger partial charge in [-0.05, 0) is 46.3 Å². The molecule has 1 amide bonds. The van der Waals surface area contributed by atoms with Crippen LogP contribution in [0.25, 0.3) is 0 Å². The SMILES string of the molecule is N#Cc1ccc(NC(=O)c2cccnc2N)c(Br)c1. The molecule has 19 heavy (non-hydrogen) atoms. The van der Waals surface area contributed by atoms with Gasteiger partial charge in [-0.1, -0.05) is 0 Å². The number of carbonyl (C=O) groups is 1. The molecule has 0 aliphatic rings. The zero-order valence-electron chi connectivity index (χ0n) is 9.72. The van der Waals surface area contributed by atoms with Crippen molar-refractivity contribution in [2.24, 2.45) is 0 Å². The van der Waals surface area contributed by atoms with Gasteiger partial charge in [0.2, 0.25) is 0 Å². The number of aromatic nitrogens is 1. The minimum Gasteiger partial charge on any atom is -0.383 e. The number of benzene rings is 1. The molecule has 0 aliphatic heterocycles. The first kappa shape index (κ1) is 13.1. The predicted octanol–water partition coefficient (Wildman–Crippen LogP) is 2.55. The van der Waals surface area contributed by atoms with Crippen LogP contribution < -0.4 is 11.1 Å². The van der Waals surface area contributed by atoms with Crippen molar-refractivity contribution in [3.8, 4) is 6.07 Å². The molecule has 6 heteroatoms. The minimum absolute atomic E-state index is 0.171. The second-order valence-electron chi connectivity index (χ2n) is 3.70. The predicted molar refractivity (Wildman–Crippen MR) is 75.5 cm³/mol. The van der Waals surface area contributed by atoms with Crippen molar-refractivity contribution in [3.63, 3.8) is 0 Å². The van der Waals surface area contributed by atoms with Gasteiger partial charge in [0.25, 0.3) is 5.91 Å². The van der Waals surface area contributed by atoms with Crippen molar-refractivity contribution in [2.45, 2.75) is 0 Å². The summed E-state index contributed by atoms with van der Waals surface area (Å²) in [5, 5.41) is 11.5. The van der Waals surface area contributed by atoms with E-state index in [1.807, 2.05) is 6.07 Å². The molecule has 3 N–H and O–H groups in total. The number of nitrogens with zero attached hydrogens (tertiary/aromatic N) is 2. The lowest BCUT2D eigenvalue weighted by Gasteiger charge is -2.08. The summed E-state index contributed by atoms with van der Waals surface area (Å²) in [4.78, 5) is 15.9. The molecule has 1 aromatic carbocycles. The summed E-state index contributed by atoms with van der Waals surface area (Å²) >= 11 is 3.29. The largest absolute Gasteiger partial charge is 0.383 e. The van der Waals surface area contributed by atoms with Gasteiger partial charge < -0.3 is 11.1 Å². The lowest BCUT2D eigenvalue weighted by atomic mass is 10.2. The molecular formula is C13H9BrN4O. The van der Waals surface area contributed by atoms with Gasteiger partial charge in [-0.15, -0.1) is 0 Å². The van der Waals surface area contributed by atoms with Crippen LogP contribution in [0.2, 0.25) is 0 Å². The van der Waals surface area contributed by atoms with Crippen LogP contribution in [0.4, 0.5) is 11.5 Å². The molecule has 0 radical (unpaired) electrons. The van der Waals surface area contributed by atoms with Crippen LogP contribution in [-0.2, 0) is 0 Å². The standard InChI is InChI=1S/C13H9BrN4O/c14-10-6-8(7-15)3-4-11(10)18-13(19)9-2-1-5-17-12(9)16/h1-6H,(H2,16,17)(H,18,19). The second kappa shape index (κ2) is 5.50. The number of halogens is 1. The summed E-state index contributed by atoms with van der Waals surface area (Å²) in [6, 6.07) is 10.1. The summed E-state index contributed by atoms with van der Waals surface area (Å²) in [6.07, 6.45) is 1.52. The van der Waals surface area contributed by atoms with E-state index in [2.05, 4.69) is 26.2 Å². The van der Waals surface area contributed by atoms with Gasteiger partial charge in [-0.3, -0.25) is 4.79 Å². The lowest BCUT2D eigenvalue weighted by molar-refractivity contribution is 0.102. The Hall–Kier alpha value is -2.39. The number of nitrogens with two attached hydrogens (primary N) is 1. The molecule has 0 bridgehead atoms. The zero-order valence-corrected chi connectivity index (χ0v) is 11.3. The molecule has 0 saturated carbocycles. The van der Waals surface area contributed by atoms with Crippen molar-refractivity contribution < 1.29 is 4.79 Å². The molecule has 94 valence electrons. The van der Waals surface area contributed by atoms with E-state index < -0.39 is 0 Å². The fraction of sp³-hybridized carbons (Fsp3) is 0. The molecule has 0 atom stereocenters. The van der Waals surface area contributed by atoms with Crippen LogP contribution in [0, 0.1) is 11.3 Å². The van der Waals surface area contributed by atoms with Crippen LogP contribution in [0.5, 0.6) is 0 Å². The molecule has 0 fully saturated rings. The first-order valence-electron chi connectivity index (χ1n) is 5.33. The van der Waals surface area contributed by atoms with Crippen LogP contribution >= 0.6 is 15.9 Å². The van der Waals surface area contributed by atoms with E-state index in [9.17, 15) is 4.79 Å². The normalized spacial score (nSPS) is 9.68. The van der Waals surface area contributed by atoms with Gasteiger partial charge in [-0.25, -0.2) is 4.98 Å². The maximum atomic E-state index is 12.0. The van der Waals surface area contributed by atoms with E-state index in [-0.39, 0.29) is 11.7 Å². The average molecular weight is 317 g/mol. The fourth-order valence-corrected chi connectivity index (χ4v) is 1.96. The van der Waals surface area contributed by atoms with Gasteiger partial charge in [0.15, 0.2) is 0 Å². The summed E-state index contributed by atoms with van der Waals surface area (Å²) < 4.78 is 0.627. The molecular weight excluding hydrogens is 308 g/mol. The summed E-state index contributed by atoms with van der Waals surface area (Å²) in [7, 11) is 0. The first-order chi connectivity index (χ1) is 9.11. The molecule has 1 aromatic heterocycles. The Labute approximate surface area is 118 Å². The van der Waals surface area contributed by atoms with E-state index in [1.165, 1.54) is 6.20 Å². The molecule has 2 rings (SSSR count). The number of amides is 1. The van der Waals surface area contributed by atoms with Crippen molar-refractivity contribution in [1.82, 2.24) is 4.98 Å². The van der Waals surface area contributed by atoms with Crippen LogP contribution in [0.15, 0.2) is 41.0 Å². The monoisotopic (exact) mass is 316 g/mol. The van der Waals surface area contributed by atoms with E-state index in [4.69, 9.17) is 11.0 Å². The lowest BCUT2D eigenvalue weighted by Crippen LogP contribution is -2.15. The number of rotatable bonds is 2. The van der Waals surface area contributed by atoms with Crippen LogP contribution in [0.3, 0.4) is 0 Å². The maximum Gasteiger partial charge on any atom is 0.259 e. The van der Waals surface area contributed by atoms with Gasteiger partial charge in [-0.2, -0.15) is 5.26 Å². The Morgan fingerprint density at radius 3 is 2.84 bits per heavy atom. The first-order valence-corrected chi connectivity index (χ1v) is 6.12. The summed E-state index contributed by atoms with van der Waals surface area (Å²) in [5.74, 6) is -0.180. The van der Waals surface area contributed by atoms with Crippen molar-refractivity contribution >= 4 is 33.3 Å². The van der Waals surface area contributed by atoms with Crippen molar-refractivity contribution in [1.29, 1.82) is 5.26 Å². The zero-order chi connectivity index (χ0) is 13.8. The molecule has 5 nitrogen and oxygen atoms in total. The molecule has 0 saturated heterocycles. The molecule has 0 aliphatic carbocycles. The van der Waals surface area contributed by atoms with Crippen LogP contribution in [0.1, 0.15) is 15.9 Å². The summed E-state index contributed by atoms with van der Waals surface area (Å²) in [5.41, 5.74) is 7.00. The number of hydrogen-bond donors (Lipinski definition) is 2. The highest BCUT2D eigenvalue weighted by Gasteiger charge is 2.11. The maximum absolute atomic E-state index is 12.0. The number of nitrogen functional groups attached to an aromatic ring is 1. The smallest absolute Gasteiger partial charge is 0.259 e. The van der Waals surface area contributed by atoms with Gasteiger partial charge >= 0.3 is 0 Å². The van der Waals surface area contributed by atoms with E-state index in [1.54, 1.807) is 30.3 Å². The van der Waals surface area contributed by atoms with Gasteiger partial charge in [0, 0.05) is 10.7 Å². The van der Waals surface area contributed by atoms with Crippen molar-refractivity contribution in [2.75, 3.05) is 11.1 Å². The fourth-order valence-electron chi connectivity index (χ4n) is 1.49. The highest BCUT2D eigenvalue weighted by molar-refractivity contribution is 9.10. The number of nitriles is 1. The number of nitrogens with one attached hydrogen (secondary N) is 1. The van der Waals surface area contributed by atoms with E-state index >= 15 is 0 Å². The summed E-state index contributed by atoms with van der Waals surface area (Å²) in [6.45, 7) is 0. The quantitative estimate of drug-likeness (QED) is 0.890. The van der Waals surface area contributed by atoms with Gasteiger partial charge in [0.05, 0.1) is 22.9 Å². The molecule has 0 spiro atoms. The number of pyridine rings is 1. The topological polar surface area (TPSA) is 91.8 Å². The Morgan fingerprint density at radius 1 is 1.42 bits per heavy atom. The second-order valence-corrected chi connectivity index (χ2v) is 4.55. The highest BCUT2D eigenvalue weighted by Crippen LogP contribution is 2.24. The van der Waals surface area contributed by atoms with Gasteiger partial charge in [0.1, 0.15) is 5.82 Å². The Balaban J connectivity index is 2.25. The Kier molecular flexibility index (Phi) is 3.78. The number of hydrogen-bond acceptors (Lipinski definition) is 4. The highest BCUT2D eigenvalue weighted by atomic mass is 79.9. The van der Waals surface area contributed by atoms with Crippen molar-refractivity contribution in [3.05, 3.63) is 52.1 Å². The molecule has 1 heterocycles. The van der Waals surface area contributed by atoms with E-state index in [0.717, 1.165) is 0 Å². The Bertz CT molecular complexity index is 679. The average Bonchev–Trinajstić information content (AvgIpc) is 2.41. The third-order valence-corrected chi connectivity index (χ3v) is 3.09. The number of carbonyl (C=O) groups excluding carboxylic acids is 1. The number of anilines is 2. The van der Waals surface area contributed by atoms with E-state index in [0.29, 0.717) is 21.3 Å². The molecule has 0 unspecified atom stereocenters. The minimum atomic E-state index is -0.351. The molecule has 2 aromatic rings. The Morgan fingerprint density at radius 2 is 2.21 bits per heavy atom. The third kappa shape index (κ3) is 2.89. The third-order valence-electron chi connectivity index (χ3n) is 2.43. The van der Waals surface area contributed by atoms with Crippen LogP contribution in [-0.4, -0.2) is 10.9 Å².